The van der Waals surface area contributed by atoms with Crippen LogP contribution in [0.3, 0.4) is 0 Å². The third kappa shape index (κ3) is 5.05. The van der Waals surface area contributed by atoms with Crippen LogP contribution in [0.15, 0.2) is 78.9 Å². The molecule has 0 heterocycles. The highest BCUT2D eigenvalue weighted by Gasteiger charge is 2.13. The Morgan fingerprint density at radius 2 is 1.43 bits per heavy atom. The monoisotopic (exact) mass is 393 g/mol. The Kier molecular flexibility index (Phi) is 6.19. The van der Waals surface area contributed by atoms with Gasteiger partial charge in [-0.05, 0) is 30.3 Å². The van der Waals surface area contributed by atoms with Crippen LogP contribution in [-0.2, 0) is 9.53 Å². The first-order valence-corrected chi connectivity index (χ1v) is 8.83. The Hall–Kier alpha value is -3.44. The summed E-state index contributed by atoms with van der Waals surface area (Å²) in [5, 5.41) is 3.07. The standard InChI is InChI=1S/C22H16ClNO4/c23-18-7-4-8-19(13-18)24-20(25)14-28-22(27)17-11-9-16(10-12-17)21(26)15-5-2-1-3-6-15/h1-13H,14H2,(H,24,25). The van der Waals surface area contributed by atoms with Crippen molar-refractivity contribution in [2.75, 3.05) is 11.9 Å². The highest BCUT2D eigenvalue weighted by atomic mass is 35.5. The van der Waals surface area contributed by atoms with Gasteiger partial charge in [-0.15, -0.1) is 0 Å². The molecule has 0 bridgehead atoms. The largest absolute Gasteiger partial charge is 0.452 e. The lowest BCUT2D eigenvalue weighted by Crippen LogP contribution is -2.20. The summed E-state index contributed by atoms with van der Waals surface area (Å²) in [6, 6.07) is 21.6. The molecule has 0 saturated carbocycles. The normalized spacial score (nSPS) is 10.2. The van der Waals surface area contributed by atoms with Crippen molar-refractivity contribution in [2.24, 2.45) is 0 Å². The minimum absolute atomic E-state index is 0.138. The maximum atomic E-state index is 12.4. The maximum absolute atomic E-state index is 12.4. The second-order valence-corrected chi connectivity index (χ2v) is 6.34. The van der Waals surface area contributed by atoms with Gasteiger partial charge in [-0.2, -0.15) is 0 Å². The van der Waals surface area contributed by atoms with Crippen molar-refractivity contribution >= 4 is 34.9 Å². The van der Waals surface area contributed by atoms with Gasteiger partial charge in [-0.1, -0.05) is 60.1 Å². The van der Waals surface area contributed by atoms with E-state index in [0.717, 1.165) is 0 Å². The number of anilines is 1. The van der Waals surface area contributed by atoms with Crippen molar-refractivity contribution in [3.05, 3.63) is 101 Å². The summed E-state index contributed by atoms with van der Waals surface area (Å²) in [5.41, 5.74) is 1.79. The predicted molar refractivity (Wildman–Crippen MR) is 107 cm³/mol. The summed E-state index contributed by atoms with van der Waals surface area (Å²) in [6.45, 7) is -0.434. The zero-order valence-electron chi connectivity index (χ0n) is 14.7. The van der Waals surface area contributed by atoms with Gasteiger partial charge < -0.3 is 10.1 Å². The topological polar surface area (TPSA) is 72.5 Å². The first kappa shape index (κ1) is 19.3. The van der Waals surface area contributed by atoms with Crippen molar-refractivity contribution in [2.45, 2.75) is 0 Å². The SMILES string of the molecule is O=C(COC(=O)c1ccc(C(=O)c2ccccc2)cc1)Nc1cccc(Cl)c1. The molecule has 0 aliphatic heterocycles. The fourth-order valence-corrected chi connectivity index (χ4v) is 2.68. The molecule has 3 rings (SSSR count). The summed E-state index contributed by atoms with van der Waals surface area (Å²) < 4.78 is 5.01. The summed E-state index contributed by atoms with van der Waals surface area (Å²) in [6.07, 6.45) is 0. The smallest absolute Gasteiger partial charge is 0.338 e. The average molecular weight is 394 g/mol. The zero-order valence-corrected chi connectivity index (χ0v) is 15.5. The van der Waals surface area contributed by atoms with Crippen LogP contribution in [0.4, 0.5) is 5.69 Å². The molecule has 1 N–H and O–H groups in total. The fraction of sp³-hybridized carbons (Fsp3) is 0.0455. The van der Waals surface area contributed by atoms with Crippen LogP contribution in [0.25, 0.3) is 0 Å². The van der Waals surface area contributed by atoms with Crippen LogP contribution < -0.4 is 5.32 Å². The number of hydrogen-bond donors (Lipinski definition) is 1. The number of ether oxygens (including phenoxy) is 1. The van der Waals surface area contributed by atoms with Crippen molar-refractivity contribution < 1.29 is 19.1 Å². The minimum Gasteiger partial charge on any atom is -0.452 e. The number of halogens is 1. The van der Waals surface area contributed by atoms with Gasteiger partial charge in [-0.25, -0.2) is 4.79 Å². The molecule has 0 spiro atoms. The number of amides is 1. The molecule has 0 radical (unpaired) electrons. The van der Waals surface area contributed by atoms with E-state index >= 15 is 0 Å². The van der Waals surface area contributed by atoms with Crippen LogP contribution in [-0.4, -0.2) is 24.3 Å². The number of hydrogen-bond acceptors (Lipinski definition) is 4. The Morgan fingerprint density at radius 3 is 2.11 bits per heavy atom. The summed E-state index contributed by atoms with van der Waals surface area (Å²) in [4.78, 5) is 36.3. The van der Waals surface area contributed by atoms with E-state index in [-0.39, 0.29) is 11.3 Å². The summed E-state index contributed by atoms with van der Waals surface area (Å²) in [7, 11) is 0. The van der Waals surface area contributed by atoms with E-state index in [4.69, 9.17) is 16.3 Å². The minimum atomic E-state index is -0.653. The molecule has 28 heavy (non-hydrogen) atoms. The molecule has 0 unspecified atom stereocenters. The van der Waals surface area contributed by atoms with E-state index in [0.29, 0.717) is 21.8 Å². The Labute approximate surface area is 166 Å². The Bertz CT molecular complexity index is 1000. The molecule has 1 amide bonds. The van der Waals surface area contributed by atoms with E-state index in [1.165, 1.54) is 12.1 Å². The molecule has 0 aliphatic rings. The van der Waals surface area contributed by atoms with Gasteiger partial charge in [0, 0.05) is 21.8 Å². The number of benzene rings is 3. The molecule has 0 aliphatic carbocycles. The predicted octanol–water partition coefficient (Wildman–Crippen LogP) is 4.37. The molecular formula is C22H16ClNO4. The number of carbonyl (C=O) groups excluding carboxylic acids is 3. The van der Waals surface area contributed by atoms with Crippen LogP contribution in [0.1, 0.15) is 26.3 Å². The van der Waals surface area contributed by atoms with E-state index in [1.807, 2.05) is 6.07 Å². The van der Waals surface area contributed by atoms with Crippen molar-refractivity contribution in [3.8, 4) is 0 Å². The van der Waals surface area contributed by atoms with Crippen molar-refractivity contribution in [1.29, 1.82) is 0 Å². The zero-order chi connectivity index (χ0) is 19.9. The van der Waals surface area contributed by atoms with Gasteiger partial charge in [0.1, 0.15) is 0 Å². The fourth-order valence-electron chi connectivity index (χ4n) is 2.49. The molecule has 5 nitrogen and oxygen atoms in total. The number of ketones is 1. The lowest BCUT2D eigenvalue weighted by molar-refractivity contribution is -0.119. The summed E-state index contributed by atoms with van der Waals surface area (Å²) in [5.74, 6) is -1.27. The number of esters is 1. The second-order valence-electron chi connectivity index (χ2n) is 5.91. The third-order valence-corrected chi connectivity index (χ3v) is 4.10. The van der Waals surface area contributed by atoms with Crippen LogP contribution in [0.5, 0.6) is 0 Å². The number of nitrogens with one attached hydrogen (secondary N) is 1. The van der Waals surface area contributed by atoms with Gasteiger partial charge >= 0.3 is 5.97 Å². The van der Waals surface area contributed by atoms with Crippen molar-refractivity contribution in [3.63, 3.8) is 0 Å². The van der Waals surface area contributed by atoms with Crippen molar-refractivity contribution in [1.82, 2.24) is 0 Å². The molecule has 3 aromatic carbocycles. The highest BCUT2D eigenvalue weighted by molar-refractivity contribution is 6.30. The molecule has 0 saturated heterocycles. The maximum Gasteiger partial charge on any atom is 0.338 e. The molecule has 0 fully saturated rings. The highest BCUT2D eigenvalue weighted by Crippen LogP contribution is 2.15. The molecule has 0 atom stereocenters. The van der Waals surface area contributed by atoms with Crippen LogP contribution in [0, 0.1) is 0 Å². The van der Waals surface area contributed by atoms with Gasteiger partial charge in [0.2, 0.25) is 0 Å². The van der Waals surface area contributed by atoms with Gasteiger partial charge in [0.15, 0.2) is 12.4 Å². The quantitative estimate of drug-likeness (QED) is 0.498. The second kappa shape index (κ2) is 8.97. The third-order valence-electron chi connectivity index (χ3n) is 3.86. The van der Waals surface area contributed by atoms with Gasteiger partial charge in [-0.3, -0.25) is 9.59 Å². The first-order valence-electron chi connectivity index (χ1n) is 8.45. The van der Waals surface area contributed by atoms with Crippen LogP contribution in [0.2, 0.25) is 5.02 Å². The van der Waals surface area contributed by atoms with E-state index < -0.39 is 18.5 Å². The van der Waals surface area contributed by atoms with E-state index in [1.54, 1.807) is 60.7 Å². The number of rotatable bonds is 6. The van der Waals surface area contributed by atoms with Crippen LogP contribution >= 0.6 is 11.6 Å². The molecular weight excluding hydrogens is 378 g/mol. The van der Waals surface area contributed by atoms with Gasteiger partial charge in [0.25, 0.3) is 5.91 Å². The van der Waals surface area contributed by atoms with E-state index in [2.05, 4.69) is 5.32 Å². The Morgan fingerprint density at radius 1 is 0.786 bits per heavy atom. The Balaban J connectivity index is 1.56. The summed E-state index contributed by atoms with van der Waals surface area (Å²) >= 11 is 5.85. The molecule has 140 valence electrons. The lowest BCUT2D eigenvalue weighted by atomic mass is 10.0. The van der Waals surface area contributed by atoms with E-state index in [9.17, 15) is 14.4 Å². The first-order chi connectivity index (χ1) is 13.5. The lowest BCUT2D eigenvalue weighted by Gasteiger charge is -2.07. The molecule has 3 aromatic rings. The van der Waals surface area contributed by atoms with Gasteiger partial charge in [0.05, 0.1) is 5.56 Å². The molecule has 6 heteroatoms. The molecule has 0 aromatic heterocycles. The average Bonchev–Trinajstić information content (AvgIpc) is 2.72. The number of carbonyl (C=O) groups is 3.